The van der Waals surface area contributed by atoms with Gasteiger partial charge in [0.25, 0.3) is 0 Å². The number of ether oxygens (including phenoxy) is 1. The van der Waals surface area contributed by atoms with Crippen molar-refractivity contribution >= 4 is 23.6 Å². The molecular formula is C13H16ClNO2. The number of anilines is 1. The lowest BCUT2D eigenvalue weighted by molar-refractivity contribution is 0.0892. The second-order valence-electron chi connectivity index (χ2n) is 4.24. The average molecular weight is 254 g/mol. The lowest BCUT2D eigenvalue weighted by Crippen LogP contribution is -2.39. The quantitative estimate of drug-likeness (QED) is 0.776. The number of piperidine rings is 1. The highest BCUT2D eigenvalue weighted by molar-refractivity contribution is 6.33. The molecule has 1 aromatic rings. The number of benzene rings is 1. The van der Waals surface area contributed by atoms with E-state index in [0.29, 0.717) is 10.6 Å². The van der Waals surface area contributed by atoms with Crippen molar-refractivity contribution < 1.29 is 9.53 Å². The predicted octanol–water partition coefficient (Wildman–Crippen LogP) is 2.77. The van der Waals surface area contributed by atoms with E-state index in [1.807, 2.05) is 12.1 Å². The maximum absolute atomic E-state index is 11.1. The van der Waals surface area contributed by atoms with E-state index < -0.39 is 0 Å². The SMILES string of the molecule is COC1CCCN(c2cccc(Cl)c2C=O)C1. The third kappa shape index (κ3) is 2.61. The molecule has 3 nitrogen and oxygen atoms in total. The van der Waals surface area contributed by atoms with Crippen LogP contribution in [0.25, 0.3) is 0 Å². The predicted molar refractivity (Wildman–Crippen MR) is 69.1 cm³/mol. The Morgan fingerprint density at radius 1 is 1.53 bits per heavy atom. The van der Waals surface area contributed by atoms with Gasteiger partial charge >= 0.3 is 0 Å². The first-order chi connectivity index (χ1) is 8.26. The lowest BCUT2D eigenvalue weighted by Gasteiger charge is -2.34. The smallest absolute Gasteiger partial charge is 0.153 e. The zero-order valence-corrected chi connectivity index (χ0v) is 10.6. The van der Waals surface area contributed by atoms with Crippen LogP contribution < -0.4 is 4.90 Å². The van der Waals surface area contributed by atoms with Gasteiger partial charge in [0, 0.05) is 25.9 Å². The van der Waals surface area contributed by atoms with Gasteiger partial charge in [-0.1, -0.05) is 17.7 Å². The summed E-state index contributed by atoms with van der Waals surface area (Å²) in [4.78, 5) is 13.3. The van der Waals surface area contributed by atoms with Crippen LogP contribution in [0, 0.1) is 0 Å². The van der Waals surface area contributed by atoms with Gasteiger partial charge in [0.05, 0.1) is 16.7 Å². The van der Waals surface area contributed by atoms with Gasteiger partial charge in [0.2, 0.25) is 0 Å². The zero-order valence-electron chi connectivity index (χ0n) is 9.86. The summed E-state index contributed by atoms with van der Waals surface area (Å²) in [7, 11) is 1.73. The minimum absolute atomic E-state index is 0.238. The number of methoxy groups -OCH3 is 1. The summed E-state index contributed by atoms with van der Waals surface area (Å²) in [6.07, 6.45) is 3.21. The van der Waals surface area contributed by atoms with E-state index in [0.717, 1.165) is 37.9 Å². The third-order valence-electron chi connectivity index (χ3n) is 3.20. The molecule has 2 rings (SSSR count). The van der Waals surface area contributed by atoms with E-state index in [2.05, 4.69) is 4.90 Å². The molecule has 1 saturated heterocycles. The van der Waals surface area contributed by atoms with Crippen LogP contribution in [0.2, 0.25) is 5.02 Å². The van der Waals surface area contributed by atoms with Crippen molar-refractivity contribution in [2.75, 3.05) is 25.1 Å². The number of halogens is 1. The van der Waals surface area contributed by atoms with Gasteiger partial charge in [-0.3, -0.25) is 4.79 Å². The fraction of sp³-hybridized carbons (Fsp3) is 0.462. The Bertz CT molecular complexity index is 408. The maximum Gasteiger partial charge on any atom is 0.153 e. The Kier molecular flexibility index (Phi) is 4.02. The Morgan fingerprint density at radius 3 is 3.06 bits per heavy atom. The number of nitrogens with zero attached hydrogens (tertiary/aromatic N) is 1. The molecule has 1 fully saturated rings. The first kappa shape index (κ1) is 12.4. The summed E-state index contributed by atoms with van der Waals surface area (Å²) in [6, 6.07) is 5.56. The molecule has 4 heteroatoms. The molecule has 1 unspecified atom stereocenters. The molecule has 92 valence electrons. The van der Waals surface area contributed by atoms with Crippen LogP contribution in [-0.2, 0) is 4.74 Å². The molecule has 1 aromatic carbocycles. The molecule has 17 heavy (non-hydrogen) atoms. The Hall–Kier alpha value is -1.06. The van der Waals surface area contributed by atoms with E-state index in [4.69, 9.17) is 16.3 Å². The van der Waals surface area contributed by atoms with Crippen molar-refractivity contribution in [3.63, 3.8) is 0 Å². The van der Waals surface area contributed by atoms with Gasteiger partial charge in [0.1, 0.15) is 0 Å². The van der Waals surface area contributed by atoms with Crippen LogP contribution in [0.1, 0.15) is 23.2 Å². The highest BCUT2D eigenvalue weighted by atomic mass is 35.5. The van der Waals surface area contributed by atoms with Gasteiger partial charge in [-0.25, -0.2) is 0 Å². The van der Waals surface area contributed by atoms with E-state index in [9.17, 15) is 4.79 Å². The van der Waals surface area contributed by atoms with Crippen LogP contribution >= 0.6 is 11.6 Å². The number of aldehydes is 1. The lowest BCUT2D eigenvalue weighted by atomic mass is 10.1. The number of hydrogen-bond acceptors (Lipinski definition) is 3. The first-order valence-corrected chi connectivity index (χ1v) is 6.15. The largest absolute Gasteiger partial charge is 0.380 e. The van der Waals surface area contributed by atoms with Crippen LogP contribution in [0.4, 0.5) is 5.69 Å². The molecule has 1 heterocycles. The van der Waals surface area contributed by atoms with Gasteiger partial charge < -0.3 is 9.64 Å². The van der Waals surface area contributed by atoms with Crippen LogP contribution in [0.5, 0.6) is 0 Å². The molecule has 0 radical (unpaired) electrons. The normalized spacial score (nSPS) is 20.4. The minimum atomic E-state index is 0.238. The molecule has 0 bridgehead atoms. The van der Waals surface area contributed by atoms with Gasteiger partial charge in [-0.15, -0.1) is 0 Å². The highest BCUT2D eigenvalue weighted by Gasteiger charge is 2.22. The van der Waals surface area contributed by atoms with E-state index >= 15 is 0 Å². The Morgan fingerprint density at radius 2 is 2.35 bits per heavy atom. The topological polar surface area (TPSA) is 29.5 Å². The van der Waals surface area contributed by atoms with Gasteiger partial charge in [0.15, 0.2) is 6.29 Å². The third-order valence-corrected chi connectivity index (χ3v) is 3.53. The molecule has 1 aliphatic heterocycles. The monoisotopic (exact) mass is 253 g/mol. The molecule has 0 aliphatic carbocycles. The molecule has 1 aliphatic rings. The fourth-order valence-corrected chi connectivity index (χ4v) is 2.48. The van der Waals surface area contributed by atoms with Crippen molar-refractivity contribution in [3.8, 4) is 0 Å². The van der Waals surface area contributed by atoms with Crippen LogP contribution in [-0.4, -0.2) is 32.6 Å². The fourth-order valence-electron chi connectivity index (χ4n) is 2.27. The Balaban J connectivity index is 2.27. The number of carbonyl (C=O) groups excluding carboxylic acids is 1. The van der Waals surface area contributed by atoms with Crippen molar-refractivity contribution in [3.05, 3.63) is 28.8 Å². The molecule has 0 aromatic heterocycles. The van der Waals surface area contributed by atoms with Crippen LogP contribution in [0.15, 0.2) is 18.2 Å². The molecule has 0 saturated carbocycles. The molecule has 0 N–H and O–H groups in total. The summed E-state index contributed by atoms with van der Waals surface area (Å²) in [5.74, 6) is 0. The summed E-state index contributed by atoms with van der Waals surface area (Å²) in [6.45, 7) is 1.76. The van der Waals surface area contributed by atoms with Crippen molar-refractivity contribution in [1.82, 2.24) is 0 Å². The average Bonchev–Trinajstić information content (AvgIpc) is 2.38. The van der Waals surface area contributed by atoms with E-state index in [1.54, 1.807) is 13.2 Å². The number of carbonyl (C=O) groups is 1. The Labute approximate surface area is 106 Å². The summed E-state index contributed by atoms with van der Waals surface area (Å²) >= 11 is 6.03. The second kappa shape index (κ2) is 5.52. The standard InChI is InChI=1S/C13H16ClNO2/c1-17-10-4-3-7-15(8-10)13-6-2-5-12(14)11(13)9-16/h2,5-6,9-10H,3-4,7-8H2,1H3. The maximum atomic E-state index is 11.1. The minimum Gasteiger partial charge on any atom is -0.380 e. The van der Waals surface area contributed by atoms with Crippen LogP contribution in [0.3, 0.4) is 0 Å². The highest BCUT2D eigenvalue weighted by Crippen LogP contribution is 2.28. The number of hydrogen-bond donors (Lipinski definition) is 0. The zero-order chi connectivity index (χ0) is 12.3. The second-order valence-corrected chi connectivity index (χ2v) is 4.64. The summed E-state index contributed by atoms with van der Waals surface area (Å²) in [5, 5.41) is 0.511. The van der Waals surface area contributed by atoms with E-state index in [1.165, 1.54) is 0 Å². The van der Waals surface area contributed by atoms with Crippen molar-refractivity contribution in [2.24, 2.45) is 0 Å². The molecule has 0 spiro atoms. The summed E-state index contributed by atoms with van der Waals surface area (Å²) in [5.41, 5.74) is 1.49. The molecule has 1 atom stereocenters. The van der Waals surface area contributed by atoms with Crippen molar-refractivity contribution in [2.45, 2.75) is 18.9 Å². The molecular weight excluding hydrogens is 238 g/mol. The van der Waals surface area contributed by atoms with Crippen molar-refractivity contribution in [1.29, 1.82) is 0 Å². The number of rotatable bonds is 3. The van der Waals surface area contributed by atoms with Gasteiger partial charge in [-0.05, 0) is 25.0 Å². The van der Waals surface area contributed by atoms with Gasteiger partial charge in [-0.2, -0.15) is 0 Å². The van der Waals surface area contributed by atoms with E-state index in [-0.39, 0.29) is 6.10 Å². The first-order valence-electron chi connectivity index (χ1n) is 5.77. The molecule has 0 amide bonds. The summed E-state index contributed by atoms with van der Waals surface area (Å²) < 4.78 is 5.38.